The molecule has 0 radical (unpaired) electrons. The second kappa shape index (κ2) is 3.97. The van der Waals surface area contributed by atoms with Crippen LogP contribution < -0.4 is 0 Å². The maximum absolute atomic E-state index is 9.91. The summed E-state index contributed by atoms with van der Waals surface area (Å²) in [5.74, 6) is 0. The van der Waals surface area contributed by atoms with Gasteiger partial charge < -0.3 is 5.11 Å². The molecule has 13 heavy (non-hydrogen) atoms. The SMILES string of the molecule is CCN(C1CC1)[C@@H]1CCCC[C@H]1O. The predicted molar refractivity (Wildman–Crippen MR) is 53.7 cm³/mol. The van der Waals surface area contributed by atoms with Crippen LogP contribution in [0.5, 0.6) is 0 Å². The Morgan fingerprint density at radius 3 is 2.38 bits per heavy atom. The lowest BCUT2D eigenvalue weighted by molar-refractivity contribution is 0.0180. The van der Waals surface area contributed by atoms with Crippen molar-refractivity contribution in [2.75, 3.05) is 6.54 Å². The third-order valence-electron chi connectivity index (χ3n) is 3.50. The number of aliphatic hydroxyl groups is 1. The fourth-order valence-electron chi connectivity index (χ4n) is 2.65. The summed E-state index contributed by atoms with van der Waals surface area (Å²) in [5, 5.41) is 9.91. The second-order valence-electron chi connectivity index (χ2n) is 4.48. The van der Waals surface area contributed by atoms with Gasteiger partial charge in [0, 0.05) is 12.1 Å². The van der Waals surface area contributed by atoms with Crippen LogP contribution in [0.1, 0.15) is 45.4 Å². The molecule has 2 saturated carbocycles. The maximum atomic E-state index is 9.91. The highest BCUT2D eigenvalue weighted by molar-refractivity contribution is 4.92. The minimum absolute atomic E-state index is 0.0469. The molecule has 76 valence electrons. The van der Waals surface area contributed by atoms with Crippen LogP contribution in [0.2, 0.25) is 0 Å². The Hall–Kier alpha value is -0.0800. The molecule has 0 spiro atoms. The Kier molecular flexibility index (Phi) is 2.89. The third kappa shape index (κ3) is 2.05. The Morgan fingerprint density at radius 2 is 1.85 bits per heavy atom. The lowest BCUT2D eigenvalue weighted by Gasteiger charge is -2.37. The Balaban J connectivity index is 1.94. The van der Waals surface area contributed by atoms with Crippen LogP contribution in [0.25, 0.3) is 0 Å². The zero-order valence-corrected chi connectivity index (χ0v) is 8.58. The fourth-order valence-corrected chi connectivity index (χ4v) is 2.65. The average Bonchev–Trinajstić information content (AvgIpc) is 2.93. The van der Waals surface area contributed by atoms with E-state index in [1.54, 1.807) is 0 Å². The van der Waals surface area contributed by atoms with Crippen molar-refractivity contribution in [3.63, 3.8) is 0 Å². The Morgan fingerprint density at radius 1 is 1.15 bits per heavy atom. The minimum atomic E-state index is -0.0469. The molecular formula is C11H21NO. The van der Waals surface area contributed by atoms with Gasteiger partial charge in [0.15, 0.2) is 0 Å². The molecule has 2 heteroatoms. The van der Waals surface area contributed by atoms with Gasteiger partial charge >= 0.3 is 0 Å². The number of nitrogens with zero attached hydrogens (tertiary/aromatic N) is 1. The average molecular weight is 183 g/mol. The lowest BCUT2D eigenvalue weighted by Crippen LogP contribution is -2.46. The van der Waals surface area contributed by atoms with Crippen molar-refractivity contribution in [2.24, 2.45) is 0 Å². The summed E-state index contributed by atoms with van der Waals surface area (Å²) in [7, 11) is 0. The van der Waals surface area contributed by atoms with Gasteiger partial charge in [-0.2, -0.15) is 0 Å². The molecule has 0 aromatic carbocycles. The van der Waals surface area contributed by atoms with Gasteiger partial charge in [-0.25, -0.2) is 0 Å². The summed E-state index contributed by atoms with van der Waals surface area (Å²) in [6.45, 7) is 3.34. The first-order chi connectivity index (χ1) is 6.33. The van der Waals surface area contributed by atoms with E-state index in [0.717, 1.165) is 19.0 Å². The molecule has 0 aromatic rings. The van der Waals surface area contributed by atoms with Gasteiger partial charge in [0.25, 0.3) is 0 Å². The van der Waals surface area contributed by atoms with E-state index in [1.807, 2.05) is 0 Å². The zero-order chi connectivity index (χ0) is 9.26. The van der Waals surface area contributed by atoms with Gasteiger partial charge in [0.05, 0.1) is 6.10 Å². The molecule has 0 bridgehead atoms. The monoisotopic (exact) mass is 183 g/mol. The van der Waals surface area contributed by atoms with Crippen molar-refractivity contribution in [1.29, 1.82) is 0 Å². The number of hydrogen-bond acceptors (Lipinski definition) is 2. The molecule has 2 atom stereocenters. The molecule has 0 aromatic heterocycles. The standard InChI is InChI=1S/C11H21NO/c1-2-12(9-7-8-9)10-5-3-4-6-11(10)13/h9-11,13H,2-8H2,1H3/t10-,11-/m1/s1. The quantitative estimate of drug-likeness (QED) is 0.721. The van der Waals surface area contributed by atoms with Crippen molar-refractivity contribution in [3.8, 4) is 0 Å². The second-order valence-corrected chi connectivity index (χ2v) is 4.48. The van der Waals surface area contributed by atoms with Crippen molar-refractivity contribution in [3.05, 3.63) is 0 Å². The van der Waals surface area contributed by atoms with E-state index in [2.05, 4.69) is 11.8 Å². The molecular weight excluding hydrogens is 162 g/mol. The molecule has 0 heterocycles. The van der Waals surface area contributed by atoms with E-state index in [-0.39, 0.29) is 6.10 Å². The molecule has 2 fully saturated rings. The summed E-state index contributed by atoms with van der Waals surface area (Å²) in [5.41, 5.74) is 0. The summed E-state index contributed by atoms with van der Waals surface area (Å²) in [6, 6.07) is 1.29. The third-order valence-corrected chi connectivity index (χ3v) is 3.50. The molecule has 2 aliphatic rings. The van der Waals surface area contributed by atoms with E-state index < -0.39 is 0 Å². The highest BCUT2D eigenvalue weighted by Crippen LogP contribution is 2.33. The molecule has 0 unspecified atom stereocenters. The minimum Gasteiger partial charge on any atom is -0.391 e. The smallest absolute Gasteiger partial charge is 0.0695 e. The van der Waals surface area contributed by atoms with Gasteiger partial charge in [-0.3, -0.25) is 4.90 Å². The van der Waals surface area contributed by atoms with Gasteiger partial charge in [-0.1, -0.05) is 19.8 Å². The van der Waals surface area contributed by atoms with E-state index in [1.165, 1.54) is 32.1 Å². The lowest BCUT2D eigenvalue weighted by atomic mass is 9.91. The predicted octanol–water partition coefficient (Wildman–Crippen LogP) is 1.77. The van der Waals surface area contributed by atoms with Crippen LogP contribution in [0.3, 0.4) is 0 Å². The van der Waals surface area contributed by atoms with E-state index >= 15 is 0 Å². The van der Waals surface area contributed by atoms with Crippen LogP contribution in [0.4, 0.5) is 0 Å². The Labute approximate surface area is 80.9 Å². The summed E-state index contributed by atoms with van der Waals surface area (Å²) >= 11 is 0. The van der Waals surface area contributed by atoms with E-state index in [0.29, 0.717) is 6.04 Å². The molecule has 2 aliphatic carbocycles. The van der Waals surface area contributed by atoms with Crippen molar-refractivity contribution >= 4 is 0 Å². The first-order valence-electron chi connectivity index (χ1n) is 5.76. The number of aliphatic hydroxyl groups excluding tert-OH is 1. The summed E-state index contributed by atoms with van der Waals surface area (Å²) in [6.07, 6.45) is 7.44. The topological polar surface area (TPSA) is 23.5 Å². The molecule has 0 aliphatic heterocycles. The number of rotatable bonds is 3. The highest BCUT2D eigenvalue weighted by atomic mass is 16.3. The van der Waals surface area contributed by atoms with Crippen molar-refractivity contribution < 1.29 is 5.11 Å². The highest BCUT2D eigenvalue weighted by Gasteiger charge is 2.36. The fraction of sp³-hybridized carbons (Fsp3) is 1.00. The Bertz CT molecular complexity index is 167. The van der Waals surface area contributed by atoms with Crippen LogP contribution in [-0.2, 0) is 0 Å². The van der Waals surface area contributed by atoms with Crippen LogP contribution >= 0.6 is 0 Å². The van der Waals surface area contributed by atoms with Crippen molar-refractivity contribution in [1.82, 2.24) is 4.90 Å². The maximum Gasteiger partial charge on any atom is 0.0695 e. The summed E-state index contributed by atoms with van der Waals surface area (Å²) in [4.78, 5) is 2.53. The molecule has 0 amide bonds. The number of hydrogen-bond donors (Lipinski definition) is 1. The molecule has 1 N–H and O–H groups in total. The number of likely N-dealkylation sites (N-methyl/N-ethyl adjacent to an activating group) is 1. The van der Waals surface area contributed by atoms with Crippen LogP contribution in [0, 0.1) is 0 Å². The van der Waals surface area contributed by atoms with Gasteiger partial charge in [-0.15, -0.1) is 0 Å². The van der Waals surface area contributed by atoms with Crippen molar-refractivity contribution in [2.45, 2.75) is 63.6 Å². The van der Waals surface area contributed by atoms with Gasteiger partial charge in [-0.05, 0) is 32.2 Å². The van der Waals surface area contributed by atoms with Gasteiger partial charge in [0.2, 0.25) is 0 Å². The zero-order valence-electron chi connectivity index (χ0n) is 8.58. The van der Waals surface area contributed by atoms with E-state index in [4.69, 9.17) is 0 Å². The van der Waals surface area contributed by atoms with E-state index in [9.17, 15) is 5.11 Å². The molecule has 0 saturated heterocycles. The normalized spacial score (nSPS) is 35.3. The summed E-state index contributed by atoms with van der Waals surface area (Å²) < 4.78 is 0. The molecule has 2 rings (SSSR count). The first-order valence-corrected chi connectivity index (χ1v) is 5.76. The molecule has 2 nitrogen and oxygen atoms in total. The largest absolute Gasteiger partial charge is 0.391 e. The first kappa shape index (κ1) is 9.47. The van der Waals surface area contributed by atoms with Crippen LogP contribution in [0.15, 0.2) is 0 Å². The van der Waals surface area contributed by atoms with Gasteiger partial charge in [0.1, 0.15) is 0 Å². The van der Waals surface area contributed by atoms with Crippen LogP contribution in [-0.4, -0.2) is 34.7 Å².